The zero-order valence-corrected chi connectivity index (χ0v) is 15.1. The summed E-state index contributed by atoms with van der Waals surface area (Å²) in [5.74, 6) is 1.35. The van der Waals surface area contributed by atoms with Gasteiger partial charge in [0.05, 0.1) is 18.0 Å². The molecule has 20 heavy (non-hydrogen) atoms. The van der Waals surface area contributed by atoms with Crippen LogP contribution >= 0.6 is 43.6 Å². The number of nitrogens with one attached hydrogen (secondary N) is 1. The number of ketones is 1. The van der Waals surface area contributed by atoms with E-state index in [1.807, 2.05) is 6.92 Å². The second kappa shape index (κ2) is 6.68. The molecule has 0 aliphatic carbocycles. The van der Waals surface area contributed by atoms with Crippen LogP contribution in [0.25, 0.3) is 0 Å². The van der Waals surface area contributed by atoms with Gasteiger partial charge in [0.2, 0.25) is 0 Å². The van der Waals surface area contributed by atoms with Gasteiger partial charge < -0.3 is 9.84 Å². The van der Waals surface area contributed by atoms with Crippen molar-refractivity contribution in [2.75, 3.05) is 12.4 Å². The molecule has 0 amide bonds. The summed E-state index contributed by atoms with van der Waals surface area (Å²) in [6.07, 6.45) is 0. The number of Topliss-reactive ketones (excluding diaryl/α,β-unsaturated/α-hetero) is 1. The van der Waals surface area contributed by atoms with Crippen LogP contribution in [0.4, 0.5) is 0 Å². The number of halogens is 2. The van der Waals surface area contributed by atoms with Crippen molar-refractivity contribution in [3.8, 4) is 11.5 Å². The Morgan fingerprint density at radius 1 is 1.60 bits per heavy atom. The topological polar surface area (TPSA) is 58.6 Å². The Hall–Kier alpha value is -0.240. The highest BCUT2D eigenvalue weighted by molar-refractivity contribution is 9.13. The lowest BCUT2D eigenvalue weighted by atomic mass is 10.1. The van der Waals surface area contributed by atoms with Crippen LogP contribution in [0.5, 0.6) is 11.5 Å². The minimum atomic E-state index is -0.175. The molecule has 0 saturated carbocycles. The summed E-state index contributed by atoms with van der Waals surface area (Å²) in [7, 11) is 0. The van der Waals surface area contributed by atoms with Gasteiger partial charge in [-0.25, -0.2) is 0 Å². The molecule has 4 nitrogen and oxygen atoms in total. The normalized spacial score (nSPS) is 22.0. The summed E-state index contributed by atoms with van der Waals surface area (Å²) in [6.45, 7) is 3.91. The number of hydrogen-bond acceptors (Lipinski definition) is 5. The molecule has 2 unspecified atom stereocenters. The first kappa shape index (κ1) is 16.1. The lowest BCUT2D eigenvalue weighted by molar-refractivity contribution is -0.118. The van der Waals surface area contributed by atoms with E-state index in [1.165, 1.54) is 0 Å². The van der Waals surface area contributed by atoms with Crippen LogP contribution < -0.4 is 10.1 Å². The predicted octanol–water partition coefficient (Wildman–Crippen LogP) is 3.61. The van der Waals surface area contributed by atoms with Crippen molar-refractivity contribution < 1.29 is 14.6 Å². The summed E-state index contributed by atoms with van der Waals surface area (Å²) in [5, 5.41) is 13.5. The van der Waals surface area contributed by atoms with Crippen molar-refractivity contribution >= 4 is 49.4 Å². The first-order valence-electron chi connectivity index (χ1n) is 6.17. The van der Waals surface area contributed by atoms with Crippen LogP contribution in [0.2, 0.25) is 0 Å². The summed E-state index contributed by atoms with van der Waals surface area (Å²) >= 11 is 8.53. The molecule has 1 heterocycles. The van der Waals surface area contributed by atoms with Gasteiger partial charge >= 0.3 is 0 Å². The molecule has 1 saturated heterocycles. The molecular weight excluding hydrogens is 410 g/mol. The average Bonchev–Trinajstić information content (AvgIpc) is 2.86. The molecule has 2 rings (SSSR count). The minimum absolute atomic E-state index is 0.107. The maximum absolute atomic E-state index is 11.4. The highest BCUT2D eigenvalue weighted by Crippen LogP contribution is 2.48. The van der Waals surface area contributed by atoms with Crippen molar-refractivity contribution in [3.63, 3.8) is 0 Å². The molecule has 1 aromatic carbocycles. The van der Waals surface area contributed by atoms with Crippen molar-refractivity contribution in [2.24, 2.45) is 0 Å². The largest absolute Gasteiger partial charge is 0.504 e. The average molecular weight is 425 g/mol. The Bertz CT molecular complexity index is 539. The second-order valence-electron chi connectivity index (χ2n) is 4.41. The molecule has 1 aliphatic rings. The molecule has 7 heteroatoms. The number of thioether (sulfide) groups is 1. The quantitative estimate of drug-likeness (QED) is 0.773. The molecule has 0 radical (unpaired) electrons. The number of carbonyl (C=O) groups is 1. The van der Waals surface area contributed by atoms with Crippen LogP contribution in [0.3, 0.4) is 0 Å². The second-order valence-corrected chi connectivity index (χ2v) is 7.19. The van der Waals surface area contributed by atoms with Crippen molar-refractivity contribution in [1.29, 1.82) is 0 Å². The number of carbonyl (C=O) groups excluding carboxylic acids is 1. The summed E-state index contributed by atoms with van der Waals surface area (Å²) in [6, 6.07) is 1.56. The van der Waals surface area contributed by atoms with Crippen LogP contribution in [0.1, 0.15) is 24.8 Å². The van der Waals surface area contributed by atoms with Crippen molar-refractivity contribution in [2.45, 2.75) is 25.3 Å². The Balaban J connectivity index is 2.38. The van der Waals surface area contributed by atoms with Gasteiger partial charge in [0.1, 0.15) is 5.78 Å². The van der Waals surface area contributed by atoms with Gasteiger partial charge in [-0.15, -0.1) is 11.8 Å². The predicted molar refractivity (Wildman–Crippen MR) is 87.5 cm³/mol. The third kappa shape index (κ3) is 3.16. The number of benzene rings is 1. The Labute approximate surface area is 138 Å². The Morgan fingerprint density at radius 3 is 2.85 bits per heavy atom. The third-order valence-corrected chi connectivity index (χ3v) is 6.27. The van der Waals surface area contributed by atoms with E-state index in [0.29, 0.717) is 23.7 Å². The SMILES string of the molecule is CCOc1cc(Br)c(Br)c(C2NC(C(C)=O)CS2)c1O. The molecule has 1 fully saturated rings. The molecule has 2 atom stereocenters. The Kier molecular flexibility index (Phi) is 5.39. The first-order valence-corrected chi connectivity index (χ1v) is 8.81. The summed E-state index contributed by atoms with van der Waals surface area (Å²) in [5.41, 5.74) is 0.705. The van der Waals surface area contributed by atoms with Gasteiger partial charge in [0.15, 0.2) is 11.5 Å². The van der Waals surface area contributed by atoms with Gasteiger partial charge in [-0.2, -0.15) is 0 Å². The molecular formula is C13H15Br2NO3S. The standard InChI is InChI=1S/C13H15Br2NO3S/c1-3-19-9-4-7(14)11(15)10(12(9)18)13-16-8(5-20-13)6(2)17/h4,8,13,16,18H,3,5H2,1-2H3. The molecule has 110 valence electrons. The van der Waals surface area contributed by atoms with E-state index < -0.39 is 0 Å². The third-order valence-electron chi connectivity index (χ3n) is 3.03. The van der Waals surface area contributed by atoms with Crippen LogP contribution in [0.15, 0.2) is 15.0 Å². The number of rotatable bonds is 4. The fourth-order valence-corrected chi connectivity index (χ4v) is 4.47. The number of phenols is 1. The molecule has 1 aromatic rings. The van der Waals surface area contributed by atoms with Crippen molar-refractivity contribution in [3.05, 3.63) is 20.6 Å². The van der Waals surface area contributed by atoms with Crippen LogP contribution in [0, 0.1) is 0 Å². The van der Waals surface area contributed by atoms with Gasteiger partial charge in [-0.1, -0.05) is 0 Å². The van der Waals surface area contributed by atoms with E-state index in [4.69, 9.17) is 4.74 Å². The number of hydrogen-bond donors (Lipinski definition) is 2. The fourth-order valence-electron chi connectivity index (χ4n) is 1.99. The van der Waals surface area contributed by atoms with E-state index >= 15 is 0 Å². The smallest absolute Gasteiger partial charge is 0.164 e. The van der Waals surface area contributed by atoms with E-state index in [9.17, 15) is 9.90 Å². The van der Waals surface area contributed by atoms with Crippen LogP contribution in [-0.2, 0) is 4.79 Å². The minimum Gasteiger partial charge on any atom is -0.504 e. The molecule has 1 aliphatic heterocycles. The van der Waals surface area contributed by atoms with E-state index in [-0.39, 0.29) is 22.9 Å². The number of aromatic hydroxyl groups is 1. The van der Waals surface area contributed by atoms with Gasteiger partial charge in [-0.05, 0) is 51.8 Å². The van der Waals surface area contributed by atoms with Gasteiger partial charge in [0, 0.05) is 20.3 Å². The summed E-state index contributed by atoms with van der Waals surface area (Å²) in [4.78, 5) is 11.4. The van der Waals surface area contributed by atoms with E-state index in [0.717, 1.165) is 8.95 Å². The first-order chi connectivity index (χ1) is 9.45. The van der Waals surface area contributed by atoms with Gasteiger partial charge in [0.25, 0.3) is 0 Å². The van der Waals surface area contributed by atoms with E-state index in [2.05, 4.69) is 37.2 Å². The maximum Gasteiger partial charge on any atom is 0.164 e. The highest BCUT2D eigenvalue weighted by atomic mass is 79.9. The molecule has 0 bridgehead atoms. The summed E-state index contributed by atoms with van der Waals surface area (Å²) < 4.78 is 7.02. The monoisotopic (exact) mass is 423 g/mol. The highest BCUT2D eigenvalue weighted by Gasteiger charge is 2.33. The molecule has 2 N–H and O–H groups in total. The number of phenolic OH excluding ortho intramolecular Hbond substituents is 1. The molecule has 0 spiro atoms. The van der Waals surface area contributed by atoms with Crippen molar-refractivity contribution in [1.82, 2.24) is 5.32 Å². The van der Waals surface area contributed by atoms with Gasteiger partial charge in [-0.3, -0.25) is 10.1 Å². The maximum atomic E-state index is 11.4. The lowest BCUT2D eigenvalue weighted by Gasteiger charge is -2.18. The van der Waals surface area contributed by atoms with Crippen LogP contribution in [-0.4, -0.2) is 29.3 Å². The van der Waals surface area contributed by atoms with E-state index in [1.54, 1.807) is 24.8 Å². The molecule has 0 aromatic heterocycles. The lowest BCUT2D eigenvalue weighted by Crippen LogP contribution is -2.32. The number of ether oxygens (including phenoxy) is 1. The zero-order valence-electron chi connectivity index (χ0n) is 11.1. The Morgan fingerprint density at radius 2 is 2.30 bits per heavy atom. The zero-order chi connectivity index (χ0) is 14.9. The fraction of sp³-hybridized carbons (Fsp3) is 0.462.